The lowest BCUT2D eigenvalue weighted by atomic mass is 9.83. The van der Waals surface area contributed by atoms with Crippen molar-refractivity contribution in [3.05, 3.63) is 35.4 Å². The molecule has 1 N–H and O–H groups in total. The topological polar surface area (TPSA) is 40.5 Å². The van der Waals surface area contributed by atoms with Gasteiger partial charge in [0.1, 0.15) is 0 Å². The Balaban J connectivity index is 1.55. The number of rotatable bonds is 4. The lowest BCUT2D eigenvalue weighted by Gasteiger charge is -2.30. The zero-order chi connectivity index (χ0) is 15.6. The summed E-state index contributed by atoms with van der Waals surface area (Å²) in [7, 11) is 1.89. The first-order valence-corrected chi connectivity index (χ1v) is 8.62. The van der Waals surface area contributed by atoms with E-state index in [0.717, 1.165) is 51.4 Å². The zero-order valence-corrected chi connectivity index (χ0v) is 13.6. The Bertz CT molecular complexity index is 534. The van der Waals surface area contributed by atoms with Crippen molar-refractivity contribution in [2.45, 2.75) is 57.0 Å². The van der Waals surface area contributed by atoms with Crippen LogP contribution in [0.3, 0.4) is 0 Å². The summed E-state index contributed by atoms with van der Waals surface area (Å²) in [6, 6.07) is 8.46. The molecule has 0 saturated heterocycles. The SMILES string of the molecule is CN(CCC1(O)CCCC1)C(=O)C1CCc2ccccc2C1. The molecule has 1 amide bonds. The normalized spacial score (nSPS) is 23.1. The number of carbonyl (C=O) groups is 1. The number of nitrogens with zero attached hydrogens (tertiary/aromatic N) is 1. The van der Waals surface area contributed by atoms with Gasteiger partial charge in [0.05, 0.1) is 5.60 Å². The minimum absolute atomic E-state index is 0.109. The van der Waals surface area contributed by atoms with E-state index in [1.807, 2.05) is 11.9 Å². The fraction of sp³-hybridized carbons (Fsp3) is 0.632. The molecule has 0 aromatic heterocycles. The van der Waals surface area contributed by atoms with E-state index in [0.29, 0.717) is 6.54 Å². The van der Waals surface area contributed by atoms with E-state index in [-0.39, 0.29) is 11.8 Å². The van der Waals surface area contributed by atoms with Gasteiger partial charge in [-0.05, 0) is 49.7 Å². The molecular formula is C19H27NO2. The lowest BCUT2D eigenvalue weighted by molar-refractivity contribution is -0.135. The van der Waals surface area contributed by atoms with Gasteiger partial charge < -0.3 is 10.0 Å². The largest absolute Gasteiger partial charge is 0.390 e. The van der Waals surface area contributed by atoms with E-state index in [9.17, 15) is 9.90 Å². The Labute approximate surface area is 133 Å². The van der Waals surface area contributed by atoms with Crippen LogP contribution in [-0.4, -0.2) is 35.1 Å². The Hall–Kier alpha value is -1.35. The van der Waals surface area contributed by atoms with E-state index in [4.69, 9.17) is 0 Å². The predicted molar refractivity (Wildman–Crippen MR) is 87.6 cm³/mol. The second-order valence-corrected chi connectivity index (χ2v) is 7.15. The van der Waals surface area contributed by atoms with E-state index in [1.165, 1.54) is 11.1 Å². The highest BCUT2D eigenvalue weighted by atomic mass is 16.3. The number of carbonyl (C=O) groups excluding carboxylic acids is 1. The van der Waals surface area contributed by atoms with Crippen LogP contribution in [0.15, 0.2) is 24.3 Å². The molecular weight excluding hydrogens is 274 g/mol. The van der Waals surface area contributed by atoms with Crippen LogP contribution in [0.5, 0.6) is 0 Å². The maximum atomic E-state index is 12.7. The highest BCUT2D eigenvalue weighted by Crippen LogP contribution is 2.33. The summed E-state index contributed by atoms with van der Waals surface area (Å²) >= 11 is 0. The van der Waals surface area contributed by atoms with E-state index >= 15 is 0 Å². The van der Waals surface area contributed by atoms with Crippen molar-refractivity contribution >= 4 is 5.91 Å². The molecule has 3 nitrogen and oxygen atoms in total. The number of benzene rings is 1. The Morgan fingerprint density at radius 1 is 1.27 bits per heavy atom. The van der Waals surface area contributed by atoms with Crippen LogP contribution in [0.2, 0.25) is 0 Å². The molecule has 0 radical (unpaired) electrons. The smallest absolute Gasteiger partial charge is 0.225 e. The summed E-state index contributed by atoms with van der Waals surface area (Å²) in [4.78, 5) is 14.5. The molecule has 0 aliphatic heterocycles. The molecule has 120 valence electrons. The van der Waals surface area contributed by atoms with Crippen LogP contribution >= 0.6 is 0 Å². The second kappa shape index (κ2) is 6.41. The van der Waals surface area contributed by atoms with Crippen LogP contribution in [0.25, 0.3) is 0 Å². The summed E-state index contributed by atoms with van der Waals surface area (Å²) in [5.41, 5.74) is 2.21. The first-order chi connectivity index (χ1) is 10.6. The molecule has 0 spiro atoms. The molecule has 0 heterocycles. The third-order valence-corrected chi connectivity index (χ3v) is 5.52. The van der Waals surface area contributed by atoms with Gasteiger partial charge in [-0.15, -0.1) is 0 Å². The second-order valence-electron chi connectivity index (χ2n) is 7.15. The van der Waals surface area contributed by atoms with Gasteiger partial charge >= 0.3 is 0 Å². The first-order valence-electron chi connectivity index (χ1n) is 8.62. The molecule has 3 rings (SSSR count). The number of hydrogen-bond donors (Lipinski definition) is 1. The molecule has 2 aliphatic carbocycles. The zero-order valence-electron chi connectivity index (χ0n) is 13.6. The molecule has 2 aliphatic rings. The van der Waals surface area contributed by atoms with Crippen molar-refractivity contribution in [1.29, 1.82) is 0 Å². The molecule has 1 aromatic rings. The average molecular weight is 301 g/mol. The molecule has 1 aromatic carbocycles. The molecule has 1 unspecified atom stereocenters. The minimum atomic E-state index is -0.520. The molecule has 1 atom stereocenters. The van der Waals surface area contributed by atoms with Crippen molar-refractivity contribution in [2.75, 3.05) is 13.6 Å². The summed E-state index contributed by atoms with van der Waals surface area (Å²) in [6.07, 6.45) is 7.57. The van der Waals surface area contributed by atoms with Crippen LogP contribution in [0, 0.1) is 5.92 Å². The number of hydrogen-bond acceptors (Lipinski definition) is 2. The van der Waals surface area contributed by atoms with Gasteiger partial charge in [0.15, 0.2) is 0 Å². The van der Waals surface area contributed by atoms with E-state index < -0.39 is 5.60 Å². The fourth-order valence-corrected chi connectivity index (χ4v) is 3.99. The Morgan fingerprint density at radius 3 is 2.68 bits per heavy atom. The molecule has 22 heavy (non-hydrogen) atoms. The molecule has 1 saturated carbocycles. The van der Waals surface area contributed by atoms with Crippen LogP contribution in [-0.2, 0) is 17.6 Å². The van der Waals surface area contributed by atoms with Crippen molar-refractivity contribution in [3.63, 3.8) is 0 Å². The maximum absolute atomic E-state index is 12.7. The average Bonchev–Trinajstić information content (AvgIpc) is 2.98. The van der Waals surface area contributed by atoms with Gasteiger partial charge in [-0.25, -0.2) is 0 Å². The highest BCUT2D eigenvalue weighted by Gasteiger charge is 2.32. The van der Waals surface area contributed by atoms with Crippen LogP contribution < -0.4 is 0 Å². The van der Waals surface area contributed by atoms with Gasteiger partial charge in [-0.2, -0.15) is 0 Å². The van der Waals surface area contributed by atoms with Crippen LogP contribution in [0.1, 0.15) is 49.7 Å². The highest BCUT2D eigenvalue weighted by molar-refractivity contribution is 5.79. The van der Waals surface area contributed by atoms with E-state index in [2.05, 4.69) is 24.3 Å². The van der Waals surface area contributed by atoms with Gasteiger partial charge in [0.2, 0.25) is 5.91 Å². The quantitative estimate of drug-likeness (QED) is 0.929. The van der Waals surface area contributed by atoms with Crippen molar-refractivity contribution in [2.24, 2.45) is 5.92 Å². The van der Waals surface area contributed by atoms with Gasteiger partial charge in [0.25, 0.3) is 0 Å². The fourth-order valence-electron chi connectivity index (χ4n) is 3.99. The maximum Gasteiger partial charge on any atom is 0.225 e. The number of fused-ring (bicyclic) bond motifs is 1. The molecule has 3 heteroatoms. The van der Waals surface area contributed by atoms with E-state index in [1.54, 1.807) is 0 Å². The van der Waals surface area contributed by atoms with Gasteiger partial charge in [-0.1, -0.05) is 37.1 Å². The van der Waals surface area contributed by atoms with Gasteiger partial charge in [-0.3, -0.25) is 4.79 Å². The minimum Gasteiger partial charge on any atom is -0.390 e. The number of aliphatic hydroxyl groups is 1. The first kappa shape index (κ1) is 15.5. The van der Waals surface area contributed by atoms with Crippen molar-refractivity contribution in [1.82, 2.24) is 4.90 Å². The summed E-state index contributed by atoms with van der Waals surface area (Å²) in [6.45, 7) is 0.674. The summed E-state index contributed by atoms with van der Waals surface area (Å²) < 4.78 is 0. The standard InChI is InChI=1S/C19H27NO2/c1-20(13-12-19(22)10-4-5-11-19)18(21)17-9-8-15-6-2-3-7-16(15)14-17/h2-3,6-7,17,22H,4-5,8-14H2,1H3. The van der Waals surface area contributed by atoms with Crippen LogP contribution in [0.4, 0.5) is 0 Å². The summed E-state index contributed by atoms with van der Waals surface area (Å²) in [5.74, 6) is 0.356. The number of aryl methyl sites for hydroxylation is 1. The third-order valence-electron chi connectivity index (χ3n) is 5.52. The number of amides is 1. The third kappa shape index (κ3) is 3.35. The van der Waals surface area contributed by atoms with Crippen molar-refractivity contribution < 1.29 is 9.90 Å². The molecule has 0 bridgehead atoms. The monoisotopic (exact) mass is 301 g/mol. The summed E-state index contributed by atoms with van der Waals surface area (Å²) in [5, 5.41) is 10.4. The molecule has 1 fully saturated rings. The predicted octanol–water partition coefficient (Wildman–Crippen LogP) is 2.95. The van der Waals surface area contributed by atoms with Crippen molar-refractivity contribution in [3.8, 4) is 0 Å². The lowest BCUT2D eigenvalue weighted by Crippen LogP contribution is -2.39. The van der Waals surface area contributed by atoms with Gasteiger partial charge in [0, 0.05) is 19.5 Å². The Morgan fingerprint density at radius 2 is 1.95 bits per heavy atom. The Kier molecular flexibility index (Phi) is 4.53.